The number of rotatable bonds is 4. The maximum absolute atomic E-state index is 11.0. The Balaban J connectivity index is 1.92. The maximum atomic E-state index is 11.0. The third-order valence-corrected chi connectivity index (χ3v) is 3.77. The van der Waals surface area contributed by atoms with Gasteiger partial charge in [-0.2, -0.15) is 0 Å². The highest BCUT2D eigenvalue weighted by atomic mass is 16.6. The van der Waals surface area contributed by atoms with Gasteiger partial charge in [-0.3, -0.25) is 15.1 Å². The van der Waals surface area contributed by atoms with E-state index in [1.807, 2.05) is 0 Å². The minimum absolute atomic E-state index is 0.0724. The minimum atomic E-state index is -0.389. The van der Waals surface area contributed by atoms with Gasteiger partial charge in [-0.05, 0) is 37.4 Å². The van der Waals surface area contributed by atoms with E-state index < -0.39 is 0 Å². The average molecular weight is 273 g/mol. The summed E-state index contributed by atoms with van der Waals surface area (Å²) in [4.78, 5) is 14.7. The third kappa shape index (κ3) is 2.18. The fourth-order valence-corrected chi connectivity index (χ4v) is 2.55. The molecule has 0 unspecified atom stereocenters. The Labute approximate surface area is 115 Å². The van der Waals surface area contributed by atoms with Crippen LogP contribution in [0.1, 0.15) is 12.8 Å². The highest BCUT2D eigenvalue weighted by Gasteiger charge is 2.30. The number of nitrogens with two attached hydrogens (primary N) is 1. The van der Waals surface area contributed by atoms with Crippen molar-refractivity contribution >= 4 is 16.5 Å². The Morgan fingerprint density at radius 1 is 1.35 bits per heavy atom. The molecule has 0 spiro atoms. The zero-order valence-electron chi connectivity index (χ0n) is 10.9. The summed E-state index contributed by atoms with van der Waals surface area (Å²) < 4.78 is 5.91. The fourth-order valence-electron chi connectivity index (χ4n) is 2.55. The van der Waals surface area contributed by atoms with Crippen LogP contribution in [0.15, 0.2) is 30.6 Å². The van der Waals surface area contributed by atoms with Crippen LogP contribution in [-0.4, -0.2) is 22.6 Å². The first-order valence-electron chi connectivity index (χ1n) is 6.57. The topological polar surface area (TPSA) is 91.3 Å². The second-order valence-corrected chi connectivity index (χ2v) is 5.07. The van der Waals surface area contributed by atoms with Crippen molar-refractivity contribution in [3.63, 3.8) is 0 Å². The van der Waals surface area contributed by atoms with Crippen LogP contribution in [0.4, 0.5) is 5.69 Å². The second-order valence-electron chi connectivity index (χ2n) is 5.07. The summed E-state index contributed by atoms with van der Waals surface area (Å²) in [6, 6.07) is 4.78. The standard InChI is InChI=1S/C14H15N3O3/c15-7-9-5-10(6-9)20-14-2-1-13(17(18)19)11-3-4-16-8-12(11)14/h1-4,8-10H,5-7,15H2. The molecule has 0 aliphatic heterocycles. The van der Waals surface area contributed by atoms with Crippen molar-refractivity contribution in [2.24, 2.45) is 11.7 Å². The first kappa shape index (κ1) is 12.8. The molecular weight excluding hydrogens is 258 g/mol. The lowest BCUT2D eigenvalue weighted by atomic mass is 9.82. The number of hydrogen-bond acceptors (Lipinski definition) is 5. The smallest absolute Gasteiger partial charge is 0.277 e. The number of aromatic nitrogens is 1. The van der Waals surface area contributed by atoms with Crippen molar-refractivity contribution in [2.75, 3.05) is 6.54 Å². The minimum Gasteiger partial charge on any atom is -0.490 e. The highest BCUT2D eigenvalue weighted by Crippen LogP contribution is 2.36. The SMILES string of the molecule is NCC1CC(Oc2ccc([N+](=O)[O-])c3ccncc23)C1. The van der Waals surface area contributed by atoms with E-state index in [9.17, 15) is 10.1 Å². The molecule has 1 fully saturated rings. The van der Waals surface area contributed by atoms with Crippen LogP contribution in [0, 0.1) is 16.0 Å². The predicted molar refractivity (Wildman–Crippen MR) is 74.6 cm³/mol. The van der Waals surface area contributed by atoms with Gasteiger partial charge in [0.1, 0.15) is 5.75 Å². The summed E-state index contributed by atoms with van der Waals surface area (Å²) in [5.74, 6) is 1.18. The van der Waals surface area contributed by atoms with E-state index in [2.05, 4.69) is 4.98 Å². The van der Waals surface area contributed by atoms with Gasteiger partial charge in [0.25, 0.3) is 5.69 Å². The van der Waals surface area contributed by atoms with E-state index in [0.717, 1.165) is 12.8 Å². The van der Waals surface area contributed by atoms with E-state index >= 15 is 0 Å². The van der Waals surface area contributed by atoms with Crippen LogP contribution in [0.3, 0.4) is 0 Å². The summed E-state index contributed by atoms with van der Waals surface area (Å²) >= 11 is 0. The van der Waals surface area contributed by atoms with Gasteiger partial charge in [-0.25, -0.2) is 0 Å². The Morgan fingerprint density at radius 3 is 2.85 bits per heavy atom. The van der Waals surface area contributed by atoms with Gasteiger partial charge >= 0.3 is 0 Å². The number of fused-ring (bicyclic) bond motifs is 1. The van der Waals surface area contributed by atoms with Gasteiger partial charge in [-0.15, -0.1) is 0 Å². The Morgan fingerprint density at radius 2 is 2.15 bits per heavy atom. The zero-order valence-corrected chi connectivity index (χ0v) is 10.9. The van der Waals surface area contributed by atoms with Gasteiger partial charge in [0, 0.05) is 23.8 Å². The molecule has 1 aromatic heterocycles. The summed E-state index contributed by atoms with van der Waals surface area (Å²) in [5, 5.41) is 12.3. The number of benzene rings is 1. The number of pyridine rings is 1. The number of hydrogen-bond donors (Lipinski definition) is 1. The summed E-state index contributed by atoms with van der Waals surface area (Å²) in [6.07, 6.45) is 5.18. The molecule has 1 saturated carbocycles. The maximum Gasteiger partial charge on any atom is 0.277 e. The van der Waals surface area contributed by atoms with E-state index in [-0.39, 0.29) is 16.7 Å². The van der Waals surface area contributed by atoms with Gasteiger partial charge in [0.2, 0.25) is 0 Å². The van der Waals surface area contributed by atoms with Crippen LogP contribution >= 0.6 is 0 Å². The van der Waals surface area contributed by atoms with E-state index in [4.69, 9.17) is 10.5 Å². The molecule has 3 rings (SSSR count). The van der Waals surface area contributed by atoms with Crippen LogP contribution in [0.2, 0.25) is 0 Å². The Hall–Kier alpha value is -2.21. The van der Waals surface area contributed by atoms with Crippen molar-refractivity contribution in [2.45, 2.75) is 18.9 Å². The lowest BCUT2D eigenvalue weighted by Gasteiger charge is -2.34. The monoisotopic (exact) mass is 273 g/mol. The number of ether oxygens (including phenoxy) is 1. The molecule has 6 nitrogen and oxygen atoms in total. The molecule has 1 aliphatic rings. The number of nitro groups is 1. The van der Waals surface area contributed by atoms with E-state index in [1.54, 1.807) is 24.5 Å². The van der Waals surface area contributed by atoms with Crippen molar-refractivity contribution in [3.05, 3.63) is 40.7 Å². The highest BCUT2D eigenvalue weighted by molar-refractivity contribution is 5.94. The average Bonchev–Trinajstić information content (AvgIpc) is 2.41. The van der Waals surface area contributed by atoms with Crippen LogP contribution in [-0.2, 0) is 0 Å². The van der Waals surface area contributed by atoms with Crippen molar-refractivity contribution in [1.29, 1.82) is 0 Å². The van der Waals surface area contributed by atoms with E-state index in [0.29, 0.717) is 29.0 Å². The lowest BCUT2D eigenvalue weighted by Crippen LogP contribution is -2.37. The molecular formula is C14H15N3O3. The van der Waals surface area contributed by atoms with Crippen molar-refractivity contribution in [1.82, 2.24) is 4.98 Å². The molecule has 0 atom stereocenters. The molecule has 0 radical (unpaired) electrons. The predicted octanol–water partition coefficient (Wildman–Crippen LogP) is 2.26. The molecule has 0 saturated heterocycles. The molecule has 0 amide bonds. The third-order valence-electron chi connectivity index (χ3n) is 3.77. The molecule has 1 aromatic carbocycles. The summed E-state index contributed by atoms with van der Waals surface area (Å²) in [7, 11) is 0. The molecule has 104 valence electrons. The summed E-state index contributed by atoms with van der Waals surface area (Å²) in [5.41, 5.74) is 5.66. The zero-order chi connectivity index (χ0) is 14.1. The largest absolute Gasteiger partial charge is 0.490 e. The first-order valence-corrected chi connectivity index (χ1v) is 6.57. The van der Waals surface area contributed by atoms with Crippen LogP contribution < -0.4 is 10.5 Å². The summed E-state index contributed by atoms with van der Waals surface area (Å²) in [6.45, 7) is 0.683. The van der Waals surface area contributed by atoms with Gasteiger partial charge in [0.15, 0.2) is 0 Å². The van der Waals surface area contributed by atoms with Gasteiger partial charge in [-0.1, -0.05) is 0 Å². The molecule has 20 heavy (non-hydrogen) atoms. The van der Waals surface area contributed by atoms with Gasteiger partial charge < -0.3 is 10.5 Å². The van der Waals surface area contributed by atoms with Crippen LogP contribution in [0.25, 0.3) is 10.8 Å². The normalized spacial score (nSPS) is 21.4. The van der Waals surface area contributed by atoms with Crippen LogP contribution in [0.5, 0.6) is 5.75 Å². The van der Waals surface area contributed by atoms with Crippen molar-refractivity contribution < 1.29 is 9.66 Å². The Kier molecular flexibility index (Phi) is 3.23. The molecule has 0 bridgehead atoms. The molecule has 6 heteroatoms. The molecule has 2 aromatic rings. The lowest BCUT2D eigenvalue weighted by molar-refractivity contribution is -0.383. The number of nitro benzene ring substituents is 1. The first-order chi connectivity index (χ1) is 9.69. The number of non-ortho nitro benzene ring substituents is 1. The molecule has 1 aliphatic carbocycles. The number of nitrogens with zero attached hydrogens (tertiary/aromatic N) is 2. The Bertz CT molecular complexity index is 653. The second kappa shape index (κ2) is 5.05. The van der Waals surface area contributed by atoms with Gasteiger partial charge in [0.05, 0.1) is 16.4 Å². The van der Waals surface area contributed by atoms with E-state index in [1.165, 1.54) is 6.07 Å². The molecule has 1 heterocycles. The quantitative estimate of drug-likeness (QED) is 0.681. The molecule has 2 N–H and O–H groups in total. The fraction of sp³-hybridized carbons (Fsp3) is 0.357. The van der Waals surface area contributed by atoms with Crippen molar-refractivity contribution in [3.8, 4) is 5.75 Å².